The molecule has 1 aromatic carbocycles. The normalized spacial score (nSPS) is 11.5. The van der Waals surface area contributed by atoms with Crippen molar-refractivity contribution in [3.05, 3.63) is 40.2 Å². The first-order valence-corrected chi connectivity index (χ1v) is 6.98. The summed E-state index contributed by atoms with van der Waals surface area (Å²) in [5.74, 6) is -0.0157. The summed E-state index contributed by atoms with van der Waals surface area (Å²) in [6.45, 7) is 7.83. The summed E-state index contributed by atoms with van der Waals surface area (Å²) in [6.07, 6.45) is 0. The second-order valence-corrected chi connectivity index (χ2v) is 6.33. The summed E-state index contributed by atoms with van der Waals surface area (Å²) >= 11 is 6.03. The van der Waals surface area contributed by atoms with Crippen LogP contribution in [-0.4, -0.2) is 18.1 Å². The van der Waals surface area contributed by atoms with Gasteiger partial charge in [0.25, 0.3) is 0 Å². The molecule has 112 valence electrons. The quantitative estimate of drug-likeness (QED) is 0.772. The fourth-order valence-electron chi connectivity index (χ4n) is 2.00. The maximum absolute atomic E-state index is 11.9. The van der Waals surface area contributed by atoms with Crippen LogP contribution in [0.3, 0.4) is 0 Å². The average molecular weight is 308 g/mol. The van der Waals surface area contributed by atoms with Gasteiger partial charge in [-0.1, -0.05) is 38.4 Å². The van der Waals surface area contributed by atoms with Crippen LogP contribution >= 0.6 is 11.6 Å². The zero-order valence-electron chi connectivity index (χ0n) is 12.8. The van der Waals surface area contributed by atoms with Crippen molar-refractivity contribution in [3.63, 3.8) is 0 Å². The topological polar surface area (TPSA) is 52.3 Å². The van der Waals surface area contributed by atoms with Gasteiger partial charge >= 0.3 is 5.97 Å². The first-order valence-electron chi connectivity index (χ1n) is 6.60. The zero-order valence-corrected chi connectivity index (χ0v) is 13.5. The molecule has 0 amide bonds. The van der Waals surface area contributed by atoms with Crippen LogP contribution < -0.4 is 0 Å². The number of aryl methyl sites for hydroxylation is 1. The van der Waals surface area contributed by atoms with Crippen molar-refractivity contribution >= 4 is 17.6 Å². The van der Waals surface area contributed by atoms with E-state index < -0.39 is 5.97 Å². The number of nitrogens with zero attached hydrogens (tertiary/aromatic N) is 1. The van der Waals surface area contributed by atoms with Crippen LogP contribution in [0, 0.1) is 6.92 Å². The van der Waals surface area contributed by atoms with E-state index >= 15 is 0 Å². The van der Waals surface area contributed by atoms with Gasteiger partial charge in [0.1, 0.15) is 5.69 Å². The second kappa shape index (κ2) is 5.53. The molecule has 0 aliphatic heterocycles. The van der Waals surface area contributed by atoms with Gasteiger partial charge in [0.15, 0.2) is 0 Å². The Morgan fingerprint density at radius 3 is 2.57 bits per heavy atom. The fraction of sp³-hybridized carbons (Fsp3) is 0.375. The van der Waals surface area contributed by atoms with E-state index in [0.717, 1.165) is 11.1 Å². The van der Waals surface area contributed by atoms with E-state index in [4.69, 9.17) is 20.8 Å². The van der Waals surface area contributed by atoms with Crippen LogP contribution in [-0.2, 0) is 10.2 Å². The van der Waals surface area contributed by atoms with Crippen LogP contribution in [0.2, 0.25) is 5.02 Å². The van der Waals surface area contributed by atoms with Gasteiger partial charge in [-0.2, -0.15) is 0 Å². The minimum atomic E-state index is -0.529. The Morgan fingerprint density at radius 2 is 2.00 bits per heavy atom. The molecule has 1 heterocycles. The fourth-order valence-corrected chi connectivity index (χ4v) is 2.17. The number of hydrogen-bond acceptors (Lipinski definition) is 4. The molecule has 0 aliphatic carbocycles. The highest BCUT2D eigenvalue weighted by atomic mass is 35.5. The van der Waals surface area contributed by atoms with Crippen molar-refractivity contribution in [1.29, 1.82) is 0 Å². The lowest BCUT2D eigenvalue weighted by Gasteiger charge is -2.15. The third-order valence-corrected chi connectivity index (χ3v) is 3.37. The Bertz CT molecular complexity index is 683. The summed E-state index contributed by atoms with van der Waals surface area (Å²) in [5.41, 5.74) is 1.97. The monoisotopic (exact) mass is 307 g/mol. The predicted octanol–water partition coefficient (Wildman–Crippen LogP) is 4.39. The molecule has 0 fully saturated rings. The number of esters is 1. The third kappa shape index (κ3) is 3.10. The summed E-state index contributed by atoms with van der Waals surface area (Å²) in [6, 6.07) is 5.46. The lowest BCUT2D eigenvalue weighted by atomic mass is 9.91. The number of rotatable bonds is 2. The average Bonchev–Trinajstić information content (AvgIpc) is 2.85. The minimum absolute atomic E-state index is 0.138. The van der Waals surface area contributed by atoms with Gasteiger partial charge in [-0.05, 0) is 24.6 Å². The minimum Gasteiger partial charge on any atom is -0.463 e. The van der Waals surface area contributed by atoms with Crippen LogP contribution in [0.15, 0.2) is 22.6 Å². The van der Waals surface area contributed by atoms with E-state index in [2.05, 4.69) is 4.98 Å². The molecule has 0 radical (unpaired) electrons. The number of ether oxygens (including phenoxy) is 1. The van der Waals surface area contributed by atoms with Crippen LogP contribution in [0.1, 0.15) is 42.6 Å². The molecular weight excluding hydrogens is 290 g/mol. The molecule has 0 N–H and O–H groups in total. The van der Waals surface area contributed by atoms with Gasteiger partial charge in [0, 0.05) is 16.0 Å². The first kappa shape index (κ1) is 15.6. The molecule has 1 aromatic heterocycles. The van der Waals surface area contributed by atoms with E-state index in [1.165, 1.54) is 7.11 Å². The van der Waals surface area contributed by atoms with Gasteiger partial charge in [-0.15, -0.1) is 0 Å². The molecule has 0 atom stereocenters. The molecule has 21 heavy (non-hydrogen) atoms. The maximum atomic E-state index is 11.9. The Labute approximate surface area is 129 Å². The van der Waals surface area contributed by atoms with E-state index in [0.29, 0.717) is 16.6 Å². The highest BCUT2D eigenvalue weighted by molar-refractivity contribution is 6.30. The Morgan fingerprint density at radius 1 is 1.33 bits per heavy atom. The molecule has 5 heteroatoms. The Balaban J connectivity index is 2.64. The molecule has 0 spiro atoms. The van der Waals surface area contributed by atoms with E-state index in [9.17, 15) is 4.79 Å². The van der Waals surface area contributed by atoms with Crippen LogP contribution in [0.5, 0.6) is 0 Å². The Kier molecular flexibility index (Phi) is 4.10. The van der Waals surface area contributed by atoms with Crippen molar-refractivity contribution in [1.82, 2.24) is 4.98 Å². The number of hydrogen-bond donors (Lipinski definition) is 0. The predicted molar refractivity (Wildman–Crippen MR) is 81.7 cm³/mol. The number of oxazole rings is 1. The smallest absolute Gasteiger partial charge is 0.376 e. The van der Waals surface area contributed by atoms with Crippen LogP contribution in [0.4, 0.5) is 0 Å². The Hall–Kier alpha value is -1.81. The van der Waals surface area contributed by atoms with E-state index in [-0.39, 0.29) is 11.2 Å². The van der Waals surface area contributed by atoms with E-state index in [1.54, 1.807) is 12.1 Å². The summed E-state index contributed by atoms with van der Waals surface area (Å²) in [7, 11) is 1.32. The van der Waals surface area contributed by atoms with Crippen molar-refractivity contribution in [2.24, 2.45) is 0 Å². The molecule has 4 nitrogen and oxygen atoms in total. The third-order valence-electron chi connectivity index (χ3n) is 3.14. The number of halogens is 1. The van der Waals surface area contributed by atoms with Gasteiger partial charge in [0.2, 0.25) is 11.7 Å². The molecule has 0 bridgehead atoms. The second-order valence-electron chi connectivity index (χ2n) is 5.90. The van der Waals surface area contributed by atoms with Crippen molar-refractivity contribution < 1.29 is 13.9 Å². The first-order chi connectivity index (χ1) is 9.74. The molecule has 0 aliphatic rings. The van der Waals surface area contributed by atoms with Gasteiger partial charge in [-0.3, -0.25) is 0 Å². The van der Waals surface area contributed by atoms with E-state index in [1.807, 2.05) is 33.8 Å². The van der Waals surface area contributed by atoms with Gasteiger partial charge < -0.3 is 9.15 Å². The SMILES string of the molecule is COC(=O)c1oc(-c2cc(Cl)ccc2C)nc1C(C)(C)C. The molecule has 0 unspecified atom stereocenters. The number of aromatic nitrogens is 1. The van der Waals surface area contributed by atoms with Crippen LogP contribution in [0.25, 0.3) is 11.5 Å². The molecular formula is C16H18ClNO3. The summed E-state index contributed by atoms with van der Waals surface area (Å²) < 4.78 is 10.4. The maximum Gasteiger partial charge on any atom is 0.376 e. The highest BCUT2D eigenvalue weighted by Gasteiger charge is 2.30. The lowest BCUT2D eigenvalue weighted by Crippen LogP contribution is -2.17. The molecule has 2 rings (SSSR count). The zero-order chi connectivity index (χ0) is 15.8. The summed E-state index contributed by atoms with van der Waals surface area (Å²) in [4.78, 5) is 16.4. The number of methoxy groups -OCH3 is 1. The highest BCUT2D eigenvalue weighted by Crippen LogP contribution is 2.32. The van der Waals surface area contributed by atoms with Gasteiger partial charge in [-0.25, -0.2) is 9.78 Å². The number of carbonyl (C=O) groups is 1. The largest absolute Gasteiger partial charge is 0.463 e. The number of benzene rings is 1. The van der Waals surface area contributed by atoms with Crippen molar-refractivity contribution in [2.75, 3.05) is 7.11 Å². The molecule has 2 aromatic rings. The lowest BCUT2D eigenvalue weighted by molar-refractivity contribution is 0.0562. The van der Waals surface area contributed by atoms with Crippen molar-refractivity contribution in [3.8, 4) is 11.5 Å². The summed E-state index contributed by atoms with van der Waals surface area (Å²) in [5, 5.41) is 0.589. The number of carbonyl (C=O) groups excluding carboxylic acids is 1. The van der Waals surface area contributed by atoms with Crippen molar-refractivity contribution in [2.45, 2.75) is 33.1 Å². The van der Waals surface area contributed by atoms with Gasteiger partial charge in [0.05, 0.1) is 7.11 Å². The standard InChI is InChI=1S/C16H18ClNO3/c1-9-6-7-10(17)8-11(9)14-18-13(16(2,3)4)12(21-14)15(19)20-5/h6-8H,1-5H3. The molecule has 0 saturated carbocycles. The molecule has 0 saturated heterocycles.